The van der Waals surface area contributed by atoms with Gasteiger partial charge in [-0.25, -0.2) is 0 Å². The number of hydrogen-bond donors (Lipinski definition) is 1. The lowest BCUT2D eigenvalue weighted by atomic mass is 9.71. The Balaban J connectivity index is 2.73. The van der Waals surface area contributed by atoms with Crippen molar-refractivity contribution in [3.05, 3.63) is 0 Å². The Kier molecular flexibility index (Phi) is 3.52. The fourth-order valence-corrected chi connectivity index (χ4v) is 2.70. The van der Waals surface area contributed by atoms with Crippen LogP contribution in [-0.4, -0.2) is 35.2 Å². The highest BCUT2D eigenvalue weighted by Crippen LogP contribution is 2.38. The van der Waals surface area contributed by atoms with Crippen LogP contribution in [0.5, 0.6) is 0 Å². The first-order chi connectivity index (χ1) is 6.62. The highest BCUT2D eigenvalue weighted by atomic mass is 16.3. The van der Waals surface area contributed by atoms with E-state index < -0.39 is 5.60 Å². The van der Waals surface area contributed by atoms with Crippen molar-refractivity contribution in [1.29, 1.82) is 0 Å². The molecule has 0 spiro atoms. The maximum absolute atomic E-state index is 10.2. The average molecular weight is 213 g/mol. The summed E-state index contributed by atoms with van der Waals surface area (Å²) in [4.78, 5) is 2.31. The standard InChI is InChI=1S/C13H27NO/c1-12(2,3)10-7-8-14(6)11(9-10)13(4,5)15/h10-11,15H,7-9H2,1-6H3/t10-,11+/m1/s1. The van der Waals surface area contributed by atoms with Gasteiger partial charge in [-0.15, -0.1) is 0 Å². The van der Waals surface area contributed by atoms with Gasteiger partial charge in [0, 0.05) is 6.04 Å². The van der Waals surface area contributed by atoms with E-state index in [9.17, 15) is 5.11 Å². The molecule has 1 saturated heterocycles. The summed E-state index contributed by atoms with van der Waals surface area (Å²) in [5.74, 6) is 0.727. The summed E-state index contributed by atoms with van der Waals surface area (Å²) in [5.41, 5.74) is -0.219. The molecule has 0 saturated carbocycles. The smallest absolute Gasteiger partial charge is 0.0746 e. The van der Waals surface area contributed by atoms with Crippen LogP contribution in [0.1, 0.15) is 47.5 Å². The third-order valence-electron chi connectivity index (χ3n) is 3.91. The molecule has 1 aliphatic rings. The Morgan fingerprint density at radius 3 is 2.07 bits per heavy atom. The van der Waals surface area contributed by atoms with Gasteiger partial charge in [0.1, 0.15) is 0 Å². The molecule has 0 unspecified atom stereocenters. The van der Waals surface area contributed by atoms with E-state index in [0.29, 0.717) is 11.5 Å². The summed E-state index contributed by atoms with van der Waals surface area (Å²) in [5, 5.41) is 10.2. The van der Waals surface area contributed by atoms with E-state index in [-0.39, 0.29) is 0 Å². The van der Waals surface area contributed by atoms with Gasteiger partial charge in [-0.2, -0.15) is 0 Å². The van der Waals surface area contributed by atoms with Crippen molar-refractivity contribution in [2.24, 2.45) is 11.3 Å². The number of piperidine rings is 1. The molecule has 0 amide bonds. The molecule has 90 valence electrons. The van der Waals surface area contributed by atoms with Crippen LogP contribution in [0.3, 0.4) is 0 Å². The van der Waals surface area contributed by atoms with Crippen molar-refractivity contribution >= 4 is 0 Å². The predicted octanol–water partition coefficient (Wildman–Crippen LogP) is 2.51. The lowest BCUT2D eigenvalue weighted by molar-refractivity contribution is -0.0510. The summed E-state index contributed by atoms with van der Waals surface area (Å²) in [7, 11) is 2.13. The number of aliphatic hydroxyl groups is 1. The summed E-state index contributed by atoms with van der Waals surface area (Å²) in [6.45, 7) is 11.9. The first-order valence-electron chi connectivity index (χ1n) is 6.05. The SMILES string of the molecule is CN1CC[C@@H](C(C)(C)C)C[C@H]1C(C)(C)O. The van der Waals surface area contributed by atoms with Crippen LogP contribution in [-0.2, 0) is 0 Å². The molecule has 15 heavy (non-hydrogen) atoms. The van der Waals surface area contributed by atoms with E-state index in [1.165, 1.54) is 6.42 Å². The maximum atomic E-state index is 10.2. The van der Waals surface area contributed by atoms with E-state index in [1.807, 2.05) is 13.8 Å². The Morgan fingerprint density at radius 2 is 1.67 bits per heavy atom. The molecule has 0 aromatic carbocycles. The number of likely N-dealkylation sites (N-methyl/N-ethyl adjacent to an activating group) is 1. The van der Waals surface area contributed by atoms with Crippen molar-refractivity contribution in [2.75, 3.05) is 13.6 Å². The topological polar surface area (TPSA) is 23.5 Å². The van der Waals surface area contributed by atoms with Crippen LogP contribution in [0.25, 0.3) is 0 Å². The Bertz CT molecular complexity index is 212. The second-order valence-electron chi connectivity index (χ2n) is 6.74. The fraction of sp³-hybridized carbons (Fsp3) is 1.00. The molecule has 1 heterocycles. The maximum Gasteiger partial charge on any atom is 0.0746 e. The minimum absolute atomic E-state index is 0.301. The molecular formula is C13H27NO. The van der Waals surface area contributed by atoms with Gasteiger partial charge < -0.3 is 10.0 Å². The van der Waals surface area contributed by atoms with Crippen molar-refractivity contribution < 1.29 is 5.11 Å². The Hall–Kier alpha value is -0.0800. The highest BCUT2D eigenvalue weighted by molar-refractivity contribution is 4.93. The third kappa shape index (κ3) is 3.18. The van der Waals surface area contributed by atoms with E-state index in [0.717, 1.165) is 18.9 Å². The number of likely N-dealkylation sites (tertiary alicyclic amines) is 1. The molecule has 2 atom stereocenters. The number of hydrogen-bond acceptors (Lipinski definition) is 2. The van der Waals surface area contributed by atoms with Crippen molar-refractivity contribution in [3.63, 3.8) is 0 Å². The first kappa shape index (κ1) is 13.0. The zero-order chi connectivity index (χ0) is 11.9. The predicted molar refractivity (Wildman–Crippen MR) is 64.9 cm³/mol. The van der Waals surface area contributed by atoms with Crippen LogP contribution in [0.4, 0.5) is 0 Å². The number of rotatable bonds is 1. The van der Waals surface area contributed by atoms with Gasteiger partial charge in [0.2, 0.25) is 0 Å². The monoisotopic (exact) mass is 213 g/mol. The second-order valence-corrected chi connectivity index (χ2v) is 6.74. The summed E-state index contributed by atoms with van der Waals surface area (Å²) < 4.78 is 0. The van der Waals surface area contributed by atoms with Crippen LogP contribution >= 0.6 is 0 Å². The molecule has 2 heteroatoms. The zero-order valence-electron chi connectivity index (χ0n) is 11.2. The van der Waals surface area contributed by atoms with Crippen molar-refractivity contribution in [3.8, 4) is 0 Å². The van der Waals surface area contributed by atoms with Gasteiger partial charge in [-0.1, -0.05) is 20.8 Å². The van der Waals surface area contributed by atoms with Crippen LogP contribution in [0.15, 0.2) is 0 Å². The molecule has 0 aliphatic carbocycles. The minimum atomic E-state index is -0.585. The molecule has 0 radical (unpaired) electrons. The summed E-state index contributed by atoms with van der Waals surface area (Å²) in [6, 6.07) is 0.301. The quantitative estimate of drug-likeness (QED) is 0.723. The molecular weight excluding hydrogens is 186 g/mol. The highest BCUT2D eigenvalue weighted by Gasteiger charge is 2.39. The normalized spacial score (nSPS) is 30.6. The van der Waals surface area contributed by atoms with E-state index in [2.05, 4.69) is 32.7 Å². The van der Waals surface area contributed by atoms with Crippen LogP contribution in [0, 0.1) is 11.3 Å². The van der Waals surface area contributed by atoms with Crippen LogP contribution in [0.2, 0.25) is 0 Å². The molecule has 1 fully saturated rings. The summed E-state index contributed by atoms with van der Waals surface area (Å²) in [6.07, 6.45) is 2.37. The zero-order valence-corrected chi connectivity index (χ0v) is 11.2. The van der Waals surface area contributed by atoms with Crippen molar-refractivity contribution in [2.45, 2.75) is 59.1 Å². The van der Waals surface area contributed by atoms with Crippen molar-refractivity contribution in [1.82, 2.24) is 4.90 Å². The van der Waals surface area contributed by atoms with E-state index >= 15 is 0 Å². The largest absolute Gasteiger partial charge is 0.389 e. The van der Waals surface area contributed by atoms with Gasteiger partial charge in [-0.3, -0.25) is 0 Å². The van der Waals surface area contributed by atoms with Gasteiger partial charge in [0.05, 0.1) is 5.60 Å². The molecule has 2 nitrogen and oxygen atoms in total. The van der Waals surface area contributed by atoms with Gasteiger partial charge in [0.25, 0.3) is 0 Å². The first-order valence-corrected chi connectivity index (χ1v) is 6.05. The molecule has 0 aromatic heterocycles. The minimum Gasteiger partial charge on any atom is -0.389 e. The average Bonchev–Trinajstić information content (AvgIpc) is 2.00. The Morgan fingerprint density at radius 1 is 1.13 bits per heavy atom. The van der Waals surface area contributed by atoms with Gasteiger partial charge in [-0.05, 0) is 51.6 Å². The molecule has 1 rings (SSSR count). The second kappa shape index (κ2) is 4.06. The molecule has 0 aromatic rings. The summed E-state index contributed by atoms with van der Waals surface area (Å²) >= 11 is 0. The van der Waals surface area contributed by atoms with Gasteiger partial charge >= 0.3 is 0 Å². The number of nitrogens with zero attached hydrogens (tertiary/aromatic N) is 1. The van der Waals surface area contributed by atoms with E-state index in [1.54, 1.807) is 0 Å². The van der Waals surface area contributed by atoms with Crippen LogP contribution < -0.4 is 0 Å². The molecule has 1 aliphatic heterocycles. The van der Waals surface area contributed by atoms with E-state index in [4.69, 9.17) is 0 Å². The third-order valence-corrected chi connectivity index (χ3v) is 3.91. The lowest BCUT2D eigenvalue weighted by Gasteiger charge is -2.46. The lowest BCUT2D eigenvalue weighted by Crippen LogP contribution is -2.53. The fourth-order valence-electron chi connectivity index (χ4n) is 2.70. The molecule has 0 bridgehead atoms. The Labute approximate surface area is 94.7 Å². The van der Waals surface area contributed by atoms with Gasteiger partial charge in [0.15, 0.2) is 0 Å². The molecule has 1 N–H and O–H groups in total.